The van der Waals surface area contributed by atoms with Gasteiger partial charge in [0, 0.05) is 35.3 Å². The molecule has 4 aromatic carbocycles. The highest BCUT2D eigenvalue weighted by atomic mass is 16.6. The van der Waals surface area contributed by atoms with Crippen molar-refractivity contribution < 1.29 is 62.2 Å². The van der Waals surface area contributed by atoms with Gasteiger partial charge in [-0.15, -0.1) is 0 Å². The van der Waals surface area contributed by atoms with E-state index >= 15 is 0 Å². The Balaban J connectivity index is 0.824. The number of hydrogen-bond acceptors (Lipinski definition) is 20. The van der Waals surface area contributed by atoms with Crippen molar-refractivity contribution in [1.82, 2.24) is 38.7 Å². The van der Waals surface area contributed by atoms with Crippen LogP contribution in [0.2, 0.25) is 0 Å². The number of aliphatic hydroxyl groups is 1. The van der Waals surface area contributed by atoms with Gasteiger partial charge in [-0.2, -0.15) is 0 Å². The molecule has 26 heteroatoms. The fourth-order valence-electron chi connectivity index (χ4n) is 9.88. The van der Waals surface area contributed by atoms with Gasteiger partial charge < -0.3 is 54.6 Å². The van der Waals surface area contributed by atoms with Crippen LogP contribution in [0.15, 0.2) is 168 Å². The molecule has 0 saturated carbocycles. The van der Waals surface area contributed by atoms with Crippen molar-refractivity contribution in [1.29, 1.82) is 0 Å². The number of nitrogens with zero attached hydrogens (tertiary/aromatic N) is 8. The van der Waals surface area contributed by atoms with Crippen LogP contribution in [0, 0.1) is 13.8 Å². The highest BCUT2D eigenvalue weighted by Crippen LogP contribution is 2.33. The second-order valence-electron chi connectivity index (χ2n) is 20.8. The zero-order valence-electron chi connectivity index (χ0n) is 50.1. The first-order chi connectivity index (χ1) is 43.8. The molecule has 0 aliphatic carbocycles. The van der Waals surface area contributed by atoms with Crippen molar-refractivity contribution in [3.8, 4) is 45.9 Å². The Morgan fingerprint density at radius 1 is 0.527 bits per heavy atom. The number of rotatable bonds is 23. The monoisotopic (exact) mass is 1240 g/mol. The van der Waals surface area contributed by atoms with Gasteiger partial charge in [-0.05, 0) is 120 Å². The van der Waals surface area contributed by atoms with Crippen LogP contribution in [0.1, 0.15) is 52.9 Å². The average Bonchev–Trinajstić information content (AvgIpc) is 1.67. The Hall–Kier alpha value is -11.5. The van der Waals surface area contributed by atoms with E-state index in [2.05, 4.69) is 30.6 Å². The summed E-state index contributed by atoms with van der Waals surface area (Å²) in [5.74, 6) is -2.54. The van der Waals surface area contributed by atoms with Crippen LogP contribution >= 0.6 is 0 Å². The summed E-state index contributed by atoms with van der Waals surface area (Å²) in [5, 5.41) is 18.3. The summed E-state index contributed by atoms with van der Waals surface area (Å²) >= 11 is 0. The lowest BCUT2D eigenvalue weighted by molar-refractivity contribution is -0.188. The molecule has 0 saturated heterocycles. The third-order valence-electron chi connectivity index (χ3n) is 14.4. The van der Waals surface area contributed by atoms with Crippen LogP contribution in [0.3, 0.4) is 0 Å². The lowest BCUT2D eigenvalue weighted by Gasteiger charge is -2.25. The molecule has 26 nitrogen and oxygen atoms in total. The number of nitrogens with two attached hydrogens (primary N) is 1. The molecule has 0 aliphatic heterocycles. The normalized spacial score (nSPS) is 12.8. The summed E-state index contributed by atoms with van der Waals surface area (Å²) < 4.78 is 44.8. The molecule has 1 unspecified atom stereocenters. The molecule has 0 spiro atoms. The first-order valence-corrected chi connectivity index (χ1v) is 28.4. The lowest BCUT2D eigenvalue weighted by Crippen LogP contribution is -2.48. The zero-order chi connectivity index (χ0) is 64.6. The quantitative estimate of drug-likeness (QED) is 0.0358. The number of aliphatic hydroxyl groups excluding tert-OH is 1. The van der Waals surface area contributed by atoms with Gasteiger partial charge >= 0.3 is 17.9 Å². The molecule has 0 bridgehead atoms. The topological polar surface area (TPSA) is 326 Å². The van der Waals surface area contributed by atoms with Gasteiger partial charge in [0.25, 0.3) is 22.9 Å². The molecule has 0 aliphatic rings. The summed E-state index contributed by atoms with van der Waals surface area (Å²) in [6.45, 7) is 6.54. The number of esters is 3. The van der Waals surface area contributed by atoms with Gasteiger partial charge in [-0.25, -0.2) is 28.9 Å². The van der Waals surface area contributed by atoms with Crippen molar-refractivity contribution in [2.75, 3.05) is 24.9 Å². The van der Waals surface area contributed by atoms with Crippen LogP contribution < -0.4 is 46.4 Å². The van der Waals surface area contributed by atoms with E-state index in [1.54, 1.807) is 136 Å². The van der Waals surface area contributed by atoms with Gasteiger partial charge in [-0.3, -0.25) is 43.3 Å². The summed E-state index contributed by atoms with van der Waals surface area (Å²) in [5.41, 5.74) is 6.03. The third-order valence-corrected chi connectivity index (χ3v) is 14.4. The van der Waals surface area contributed by atoms with E-state index < -0.39 is 71.3 Å². The number of methoxy groups -OCH3 is 2. The average molecular weight is 1240 g/mol. The number of nitrogens with one attached hydrogen (secondary N) is 2. The van der Waals surface area contributed by atoms with Crippen LogP contribution in [0.25, 0.3) is 33.2 Å². The molecule has 5 atom stereocenters. The molecule has 10 aromatic rings. The molecule has 0 radical (unpaired) electrons. The molecule has 466 valence electrons. The van der Waals surface area contributed by atoms with Crippen LogP contribution in [-0.2, 0) is 41.7 Å². The number of ether oxygens (including phenoxy) is 7. The molecular weight excluding hydrogens is 1170 g/mol. The first kappa shape index (κ1) is 62.5. The number of pyridine rings is 4. The summed E-state index contributed by atoms with van der Waals surface area (Å²) in [4.78, 5) is 115. The Kier molecular flexibility index (Phi) is 18.7. The Morgan fingerprint density at radius 3 is 1.34 bits per heavy atom. The molecular formula is C65H61N11O15. The van der Waals surface area contributed by atoms with Gasteiger partial charge in [-0.1, -0.05) is 36.4 Å². The standard InChI is InChI=1S/C65H61N11O15/c1-36(34-73-39(4)55(61(80)75(73)41-14-10-8-11-15-41)59(78)71-53-24-20-45(32-69-53)89-51-26-28-67-49-30-43(85-6)18-22-47(49)51)87-64(83)57(77)58(91-63(82)38(3)66)65(84)88-37(2)35-74-40(5)56(62(81)76(74)42-16-12-9-13-17-42)60(79)72-54-25-21-46(33-70-54)90-52-27-29-68-50-31-44(86-7)19-23-48(50)52/h8-33,36-38,57-58,77H,34-35,66H2,1-7H3,(H,69,71,78)(H,70,72,79)/t36-,37-,38?,57+,58+/m1/s1. The van der Waals surface area contributed by atoms with E-state index in [-0.39, 0.29) is 47.2 Å². The van der Waals surface area contributed by atoms with Crippen molar-refractivity contribution >= 4 is 63.2 Å². The third kappa shape index (κ3) is 13.8. The maximum atomic E-state index is 14.3. The van der Waals surface area contributed by atoms with E-state index in [9.17, 15) is 38.7 Å². The van der Waals surface area contributed by atoms with Gasteiger partial charge in [0.1, 0.15) is 75.5 Å². The van der Waals surface area contributed by atoms with Crippen molar-refractivity contribution in [2.24, 2.45) is 5.73 Å². The second kappa shape index (κ2) is 27.3. The van der Waals surface area contributed by atoms with E-state index in [1.807, 2.05) is 12.1 Å². The summed E-state index contributed by atoms with van der Waals surface area (Å²) in [6, 6.07) is 35.6. The highest BCUT2D eigenvalue weighted by molar-refractivity contribution is 6.05. The number of aromatic nitrogens is 8. The summed E-state index contributed by atoms with van der Waals surface area (Å²) in [6.07, 6.45) is -1.30. The van der Waals surface area contributed by atoms with Crippen LogP contribution in [-0.4, -0.2) is 118 Å². The number of para-hydroxylation sites is 2. The number of hydrogen-bond donors (Lipinski definition) is 4. The maximum Gasteiger partial charge on any atom is 0.351 e. The fourth-order valence-corrected chi connectivity index (χ4v) is 9.88. The molecule has 91 heavy (non-hydrogen) atoms. The van der Waals surface area contributed by atoms with E-state index in [4.69, 9.17) is 38.9 Å². The minimum Gasteiger partial charge on any atom is -0.497 e. The van der Waals surface area contributed by atoms with Crippen LogP contribution in [0.4, 0.5) is 11.6 Å². The molecule has 2 amide bonds. The Morgan fingerprint density at radius 2 is 0.945 bits per heavy atom. The SMILES string of the molecule is COc1ccc2c(Oc3ccc(NC(=O)c4c(C)n(C[C@@H](C)OC(=O)[C@@H](O)[C@H](OC(=O)C(C)N)C(=O)O[C@H](C)Cn5c(C)c(C(=O)Nc6ccc(Oc7ccnc8cc(OC)ccc78)cn6)c(=O)n5-c5ccccc5)n(-c5ccccc5)c4=O)nc3)ccnc2c1. The number of anilines is 2. The van der Waals surface area contributed by atoms with Gasteiger partial charge in [0.05, 0.1) is 73.5 Å². The summed E-state index contributed by atoms with van der Waals surface area (Å²) in [7, 11) is 3.12. The van der Waals surface area contributed by atoms with E-state index in [1.165, 1.54) is 77.9 Å². The predicted octanol–water partition coefficient (Wildman–Crippen LogP) is 7.38. The Labute approximate surface area is 518 Å². The number of amides is 2. The van der Waals surface area contributed by atoms with E-state index in [0.717, 1.165) is 10.8 Å². The number of fused-ring (bicyclic) bond motifs is 2. The van der Waals surface area contributed by atoms with Gasteiger partial charge in [0.2, 0.25) is 6.10 Å². The second-order valence-corrected chi connectivity index (χ2v) is 20.8. The van der Waals surface area contributed by atoms with Crippen molar-refractivity contribution in [2.45, 2.75) is 78.2 Å². The fraction of sp³-hybridized carbons (Fsp3) is 0.215. The highest BCUT2D eigenvalue weighted by Gasteiger charge is 2.41. The van der Waals surface area contributed by atoms with Crippen LogP contribution in [0.5, 0.6) is 34.5 Å². The molecule has 6 heterocycles. The number of carbonyl (C=O) groups excluding carboxylic acids is 5. The predicted molar refractivity (Wildman–Crippen MR) is 331 cm³/mol. The number of benzene rings is 4. The first-order valence-electron chi connectivity index (χ1n) is 28.4. The maximum absolute atomic E-state index is 14.3. The lowest BCUT2D eigenvalue weighted by atomic mass is 10.2. The smallest absolute Gasteiger partial charge is 0.351 e. The molecule has 10 rings (SSSR count). The molecule has 5 N–H and O–H groups in total. The molecule has 0 fully saturated rings. The van der Waals surface area contributed by atoms with E-state index in [0.29, 0.717) is 56.9 Å². The van der Waals surface area contributed by atoms with Gasteiger partial charge in [0.15, 0.2) is 6.10 Å². The zero-order valence-corrected chi connectivity index (χ0v) is 50.1. The molecule has 6 aromatic heterocycles. The Bertz CT molecular complexity index is 4470. The van der Waals surface area contributed by atoms with Crippen molar-refractivity contribution in [3.63, 3.8) is 0 Å². The largest absolute Gasteiger partial charge is 0.497 e. The number of carbonyl (C=O) groups is 5. The minimum absolute atomic E-state index is 0.0882. The van der Waals surface area contributed by atoms with Crippen molar-refractivity contribution in [3.05, 3.63) is 201 Å². The minimum atomic E-state index is -2.51.